The number of aryl methyl sites for hydroxylation is 2. The van der Waals surface area contributed by atoms with E-state index in [1.165, 1.54) is 35.6 Å². The Labute approximate surface area is 172 Å². The summed E-state index contributed by atoms with van der Waals surface area (Å²) in [6.45, 7) is 3.61. The average Bonchev–Trinajstić information content (AvgIpc) is 2.95. The van der Waals surface area contributed by atoms with Gasteiger partial charge in [-0.1, -0.05) is 0 Å². The van der Waals surface area contributed by atoms with Crippen molar-refractivity contribution in [1.29, 1.82) is 0 Å². The van der Waals surface area contributed by atoms with E-state index in [9.17, 15) is 14.7 Å². The third kappa shape index (κ3) is 3.92. The molecule has 3 aromatic rings. The summed E-state index contributed by atoms with van der Waals surface area (Å²) in [4.78, 5) is 30.7. The maximum Gasteiger partial charge on any atom is 0.262 e. The Balaban J connectivity index is 1.73. The van der Waals surface area contributed by atoms with Gasteiger partial charge in [-0.25, -0.2) is 10.4 Å². The van der Waals surface area contributed by atoms with E-state index in [1.807, 2.05) is 13.8 Å². The molecule has 1 aromatic carbocycles. The Morgan fingerprint density at radius 1 is 1.46 bits per heavy atom. The van der Waals surface area contributed by atoms with Gasteiger partial charge in [-0.3, -0.25) is 14.2 Å². The van der Waals surface area contributed by atoms with Crippen molar-refractivity contribution in [1.82, 2.24) is 15.0 Å². The zero-order chi connectivity index (χ0) is 20.4. The lowest BCUT2D eigenvalue weighted by Crippen LogP contribution is -2.30. The molecule has 0 bridgehead atoms. The van der Waals surface area contributed by atoms with Crippen LogP contribution in [0.15, 0.2) is 32.8 Å². The number of aromatic hydroxyl groups is 1. The number of methoxy groups -OCH3 is 1. The van der Waals surface area contributed by atoms with E-state index < -0.39 is 5.91 Å². The van der Waals surface area contributed by atoms with Gasteiger partial charge in [0.1, 0.15) is 11.4 Å². The smallest absolute Gasteiger partial charge is 0.262 e. The second-order valence-electron chi connectivity index (χ2n) is 5.99. The number of nitrogens with one attached hydrogen (secondary N) is 1. The Morgan fingerprint density at radius 2 is 2.21 bits per heavy atom. The van der Waals surface area contributed by atoms with Gasteiger partial charge >= 0.3 is 0 Å². The first-order valence-corrected chi connectivity index (χ1v) is 9.76. The molecule has 0 aliphatic rings. The summed E-state index contributed by atoms with van der Waals surface area (Å²) in [6, 6.07) is 3.19. The molecular formula is C18H17BrN4O4S. The average molecular weight is 465 g/mol. The number of ether oxygens (including phenoxy) is 1. The van der Waals surface area contributed by atoms with Crippen LogP contribution in [0.3, 0.4) is 0 Å². The van der Waals surface area contributed by atoms with Crippen molar-refractivity contribution in [3.63, 3.8) is 0 Å². The standard InChI is InChI=1S/C18H17BrN4O4S/c1-9-10(2)28-17-15(9)18(26)23(8-20-17)7-14(24)22-21-6-11-4-12(19)16(25)13(5-11)27-3/h4-6,8,25H,7H2,1-3H3,(H,22,24)/b21-6+. The maximum absolute atomic E-state index is 12.6. The number of halogens is 1. The molecule has 8 nitrogen and oxygen atoms in total. The highest BCUT2D eigenvalue weighted by molar-refractivity contribution is 9.10. The van der Waals surface area contributed by atoms with Crippen LogP contribution >= 0.6 is 27.3 Å². The molecule has 2 aromatic heterocycles. The first-order chi connectivity index (χ1) is 13.3. The van der Waals surface area contributed by atoms with Crippen molar-refractivity contribution >= 4 is 49.6 Å². The number of hydrogen-bond donors (Lipinski definition) is 2. The third-order valence-corrected chi connectivity index (χ3v) is 5.86. The first kappa shape index (κ1) is 20.0. The molecule has 0 fully saturated rings. The maximum atomic E-state index is 12.6. The number of aromatic nitrogens is 2. The molecule has 0 spiro atoms. The molecule has 28 heavy (non-hydrogen) atoms. The molecule has 0 aliphatic carbocycles. The van der Waals surface area contributed by atoms with E-state index in [2.05, 4.69) is 31.4 Å². The fourth-order valence-corrected chi connectivity index (χ4v) is 4.02. The van der Waals surface area contributed by atoms with E-state index in [-0.39, 0.29) is 23.6 Å². The SMILES string of the molecule is COc1cc(/C=N/NC(=O)Cn2cnc3sc(C)c(C)c3c2=O)cc(Br)c1O. The number of carbonyl (C=O) groups is 1. The Hall–Kier alpha value is -2.72. The van der Waals surface area contributed by atoms with Crippen molar-refractivity contribution < 1.29 is 14.6 Å². The van der Waals surface area contributed by atoms with Crippen LogP contribution in [0, 0.1) is 13.8 Å². The largest absolute Gasteiger partial charge is 0.503 e. The highest BCUT2D eigenvalue weighted by atomic mass is 79.9. The topological polar surface area (TPSA) is 106 Å². The van der Waals surface area contributed by atoms with Gasteiger partial charge in [0.25, 0.3) is 11.5 Å². The molecule has 10 heteroatoms. The second kappa shape index (κ2) is 8.11. The number of amides is 1. The van der Waals surface area contributed by atoms with Gasteiger partial charge in [0.2, 0.25) is 0 Å². The lowest BCUT2D eigenvalue weighted by atomic mass is 10.2. The first-order valence-electron chi connectivity index (χ1n) is 8.15. The Morgan fingerprint density at radius 3 is 2.93 bits per heavy atom. The molecule has 0 aliphatic heterocycles. The van der Waals surface area contributed by atoms with E-state index in [0.29, 0.717) is 20.3 Å². The molecule has 146 valence electrons. The normalized spacial score (nSPS) is 11.3. The summed E-state index contributed by atoms with van der Waals surface area (Å²) >= 11 is 4.67. The van der Waals surface area contributed by atoms with Gasteiger partial charge in [-0.2, -0.15) is 5.10 Å². The van der Waals surface area contributed by atoms with Crippen molar-refractivity contribution in [2.45, 2.75) is 20.4 Å². The predicted octanol–water partition coefficient (Wildman–Crippen LogP) is 2.70. The van der Waals surface area contributed by atoms with Crippen LogP contribution in [-0.4, -0.2) is 33.9 Å². The highest BCUT2D eigenvalue weighted by Crippen LogP contribution is 2.34. The van der Waals surface area contributed by atoms with Crippen LogP contribution in [0.2, 0.25) is 0 Å². The third-order valence-electron chi connectivity index (χ3n) is 4.14. The van der Waals surface area contributed by atoms with Crippen molar-refractivity contribution in [3.8, 4) is 11.5 Å². The van der Waals surface area contributed by atoms with Crippen LogP contribution in [0.4, 0.5) is 0 Å². The van der Waals surface area contributed by atoms with Crippen LogP contribution in [-0.2, 0) is 11.3 Å². The Bertz CT molecular complexity index is 1150. The van der Waals surface area contributed by atoms with Crippen LogP contribution in [0.1, 0.15) is 16.0 Å². The molecule has 0 saturated heterocycles. The fraction of sp³-hybridized carbons (Fsp3) is 0.222. The van der Waals surface area contributed by atoms with Crippen molar-refractivity contribution in [2.24, 2.45) is 5.10 Å². The highest BCUT2D eigenvalue weighted by Gasteiger charge is 2.13. The van der Waals surface area contributed by atoms with E-state index in [1.54, 1.807) is 12.1 Å². The van der Waals surface area contributed by atoms with Gasteiger partial charge in [0, 0.05) is 4.88 Å². The molecule has 0 radical (unpaired) electrons. The number of nitrogens with zero attached hydrogens (tertiary/aromatic N) is 3. The predicted molar refractivity (Wildman–Crippen MR) is 111 cm³/mol. The van der Waals surface area contributed by atoms with E-state index >= 15 is 0 Å². The van der Waals surface area contributed by atoms with Gasteiger partial charge < -0.3 is 9.84 Å². The van der Waals surface area contributed by atoms with Crippen LogP contribution in [0.5, 0.6) is 11.5 Å². The lowest BCUT2D eigenvalue weighted by Gasteiger charge is -2.06. The van der Waals surface area contributed by atoms with Crippen LogP contribution in [0.25, 0.3) is 10.2 Å². The number of hydrazone groups is 1. The molecule has 2 heterocycles. The second-order valence-corrected chi connectivity index (χ2v) is 8.05. The lowest BCUT2D eigenvalue weighted by molar-refractivity contribution is -0.121. The van der Waals surface area contributed by atoms with E-state index in [0.717, 1.165) is 10.4 Å². The van der Waals surface area contributed by atoms with Gasteiger partial charge in [-0.05, 0) is 53.0 Å². The number of carbonyl (C=O) groups excluding carboxylic acids is 1. The van der Waals surface area contributed by atoms with Gasteiger partial charge in [-0.15, -0.1) is 11.3 Å². The molecular weight excluding hydrogens is 448 g/mol. The molecule has 3 rings (SSSR count). The molecule has 0 unspecified atom stereocenters. The molecule has 2 N–H and O–H groups in total. The van der Waals surface area contributed by atoms with Crippen molar-refractivity contribution in [3.05, 3.63) is 49.3 Å². The molecule has 1 amide bonds. The fourth-order valence-electron chi connectivity index (χ4n) is 2.58. The number of rotatable bonds is 5. The number of fused-ring (bicyclic) bond motifs is 1. The summed E-state index contributed by atoms with van der Waals surface area (Å²) < 4.78 is 6.75. The molecule has 0 saturated carbocycles. The zero-order valence-corrected chi connectivity index (χ0v) is 17.7. The van der Waals surface area contributed by atoms with Crippen molar-refractivity contribution in [2.75, 3.05) is 7.11 Å². The number of thiophene rings is 1. The van der Waals surface area contributed by atoms with Gasteiger partial charge in [0.05, 0.1) is 29.5 Å². The zero-order valence-electron chi connectivity index (χ0n) is 15.3. The minimum atomic E-state index is -0.464. The minimum Gasteiger partial charge on any atom is -0.503 e. The molecule has 0 atom stereocenters. The summed E-state index contributed by atoms with van der Waals surface area (Å²) in [5.41, 5.74) is 3.61. The number of benzene rings is 1. The van der Waals surface area contributed by atoms with Crippen LogP contribution < -0.4 is 15.7 Å². The summed E-state index contributed by atoms with van der Waals surface area (Å²) in [5, 5.41) is 14.2. The monoisotopic (exact) mass is 464 g/mol. The summed E-state index contributed by atoms with van der Waals surface area (Å²) in [6.07, 6.45) is 2.77. The van der Waals surface area contributed by atoms with Gasteiger partial charge in [0.15, 0.2) is 11.5 Å². The Kier molecular flexibility index (Phi) is 5.80. The summed E-state index contributed by atoms with van der Waals surface area (Å²) in [7, 11) is 1.43. The van der Waals surface area contributed by atoms with E-state index in [4.69, 9.17) is 4.74 Å². The number of hydrogen-bond acceptors (Lipinski definition) is 7. The summed E-state index contributed by atoms with van der Waals surface area (Å²) in [5.74, 6) is -0.215. The minimum absolute atomic E-state index is 0.0232. The number of phenolic OH excluding ortho intramolecular Hbond substituents is 1. The quantitative estimate of drug-likeness (QED) is 0.445. The number of phenols is 1.